The lowest BCUT2D eigenvalue weighted by Gasteiger charge is -2.13. The van der Waals surface area contributed by atoms with E-state index < -0.39 is 6.67 Å². The molecule has 2 nitrogen and oxygen atoms in total. The van der Waals surface area contributed by atoms with Crippen molar-refractivity contribution in [2.45, 2.75) is 13.0 Å². The zero-order valence-electron chi connectivity index (χ0n) is 7.97. The second kappa shape index (κ2) is 5.17. The molecule has 14 heavy (non-hydrogen) atoms. The van der Waals surface area contributed by atoms with E-state index in [9.17, 15) is 4.39 Å². The van der Waals surface area contributed by atoms with Crippen molar-refractivity contribution in [2.24, 2.45) is 5.73 Å². The van der Waals surface area contributed by atoms with Gasteiger partial charge in [0.25, 0.3) is 0 Å². The molecule has 0 aliphatic heterocycles. The molecule has 1 unspecified atom stereocenters. The average molecular weight is 218 g/mol. The molecule has 0 aliphatic rings. The van der Waals surface area contributed by atoms with E-state index in [-0.39, 0.29) is 12.6 Å². The standard InChI is InChI=1S/C10H13ClFNO/c1-7(13)9-6-8(11)2-3-10(9)14-5-4-12/h2-3,6-7H,4-5,13H2,1H3. The highest BCUT2D eigenvalue weighted by Gasteiger charge is 2.08. The van der Waals surface area contributed by atoms with Crippen LogP contribution in [0.15, 0.2) is 18.2 Å². The maximum atomic E-state index is 11.9. The lowest BCUT2D eigenvalue weighted by atomic mass is 10.1. The van der Waals surface area contributed by atoms with E-state index >= 15 is 0 Å². The fourth-order valence-corrected chi connectivity index (χ4v) is 1.34. The van der Waals surface area contributed by atoms with Crippen molar-refractivity contribution >= 4 is 11.6 Å². The Kier molecular flexibility index (Phi) is 4.17. The number of nitrogens with two attached hydrogens (primary N) is 1. The van der Waals surface area contributed by atoms with Crippen LogP contribution < -0.4 is 10.5 Å². The van der Waals surface area contributed by atoms with Crippen LogP contribution in [0.3, 0.4) is 0 Å². The minimum Gasteiger partial charge on any atom is -0.491 e. The molecule has 0 saturated carbocycles. The quantitative estimate of drug-likeness (QED) is 0.842. The first kappa shape index (κ1) is 11.3. The van der Waals surface area contributed by atoms with Crippen LogP contribution in [0.25, 0.3) is 0 Å². The summed E-state index contributed by atoms with van der Waals surface area (Å²) in [4.78, 5) is 0. The molecular weight excluding hydrogens is 205 g/mol. The van der Waals surface area contributed by atoms with Crippen LogP contribution in [0, 0.1) is 0 Å². The molecule has 1 aromatic carbocycles. The summed E-state index contributed by atoms with van der Waals surface area (Å²) >= 11 is 5.81. The van der Waals surface area contributed by atoms with Gasteiger partial charge in [-0.2, -0.15) is 0 Å². The molecule has 1 aromatic rings. The first-order valence-corrected chi connectivity index (χ1v) is 4.76. The molecule has 1 rings (SSSR count). The Morgan fingerprint density at radius 2 is 2.29 bits per heavy atom. The molecule has 0 bridgehead atoms. The van der Waals surface area contributed by atoms with Crippen molar-refractivity contribution in [3.8, 4) is 5.75 Å². The zero-order valence-corrected chi connectivity index (χ0v) is 8.72. The number of ether oxygens (including phenoxy) is 1. The molecule has 0 fully saturated rings. The van der Waals surface area contributed by atoms with Gasteiger partial charge in [-0.05, 0) is 25.1 Å². The first-order valence-electron chi connectivity index (χ1n) is 4.39. The monoisotopic (exact) mass is 217 g/mol. The van der Waals surface area contributed by atoms with Gasteiger partial charge in [0.05, 0.1) is 0 Å². The van der Waals surface area contributed by atoms with Crippen LogP contribution in [-0.2, 0) is 0 Å². The lowest BCUT2D eigenvalue weighted by Crippen LogP contribution is -2.09. The predicted octanol–water partition coefficient (Wildman–Crippen LogP) is 2.71. The summed E-state index contributed by atoms with van der Waals surface area (Å²) in [5.74, 6) is 0.599. The van der Waals surface area contributed by atoms with E-state index in [1.165, 1.54) is 0 Å². The van der Waals surface area contributed by atoms with Crippen molar-refractivity contribution in [1.29, 1.82) is 0 Å². The topological polar surface area (TPSA) is 35.2 Å². The van der Waals surface area contributed by atoms with E-state index in [4.69, 9.17) is 22.1 Å². The van der Waals surface area contributed by atoms with Gasteiger partial charge in [-0.25, -0.2) is 4.39 Å². The average Bonchev–Trinajstić information content (AvgIpc) is 2.15. The van der Waals surface area contributed by atoms with Crippen LogP contribution in [0.1, 0.15) is 18.5 Å². The van der Waals surface area contributed by atoms with Crippen LogP contribution in [-0.4, -0.2) is 13.3 Å². The number of alkyl halides is 1. The Morgan fingerprint density at radius 3 is 2.86 bits per heavy atom. The first-order chi connectivity index (χ1) is 6.65. The SMILES string of the molecule is CC(N)c1cc(Cl)ccc1OCCF. The van der Waals surface area contributed by atoms with Gasteiger partial charge in [-0.1, -0.05) is 11.6 Å². The van der Waals surface area contributed by atoms with Crippen molar-refractivity contribution in [1.82, 2.24) is 0 Å². The second-order valence-electron chi connectivity index (χ2n) is 3.01. The number of halogens is 2. The molecule has 4 heteroatoms. The van der Waals surface area contributed by atoms with Gasteiger partial charge in [0.1, 0.15) is 19.0 Å². The fourth-order valence-electron chi connectivity index (χ4n) is 1.16. The zero-order chi connectivity index (χ0) is 10.6. The Bertz CT molecular complexity index is 304. The van der Waals surface area contributed by atoms with Crippen LogP contribution >= 0.6 is 11.6 Å². The van der Waals surface area contributed by atoms with Gasteiger partial charge in [0.15, 0.2) is 0 Å². The molecule has 0 heterocycles. The van der Waals surface area contributed by atoms with Crippen LogP contribution in [0.5, 0.6) is 5.75 Å². The van der Waals surface area contributed by atoms with Gasteiger partial charge in [-0.3, -0.25) is 0 Å². The summed E-state index contributed by atoms with van der Waals surface area (Å²) in [6, 6.07) is 4.96. The summed E-state index contributed by atoms with van der Waals surface area (Å²) < 4.78 is 17.1. The normalized spacial score (nSPS) is 12.6. The van der Waals surface area contributed by atoms with Gasteiger partial charge in [0, 0.05) is 16.6 Å². The van der Waals surface area contributed by atoms with Crippen molar-refractivity contribution in [3.05, 3.63) is 28.8 Å². The van der Waals surface area contributed by atoms with E-state index in [2.05, 4.69) is 0 Å². The molecule has 0 amide bonds. The molecular formula is C10H13ClFNO. The van der Waals surface area contributed by atoms with Crippen molar-refractivity contribution < 1.29 is 9.13 Å². The van der Waals surface area contributed by atoms with Crippen molar-refractivity contribution in [2.75, 3.05) is 13.3 Å². The fraction of sp³-hybridized carbons (Fsp3) is 0.400. The molecule has 0 saturated heterocycles. The van der Waals surface area contributed by atoms with E-state index in [1.54, 1.807) is 18.2 Å². The summed E-state index contributed by atoms with van der Waals surface area (Å²) in [6.45, 7) is 1.36. The maximum absolute atomic E-state index is 11.9. The third kappa shape index (κ3) is 2.86. The summed E-state index contributed by atoms with van der Waals surface area (Å²) in [5.41, 5.74) is 6.52. The highest BCUT2D eigenvalue weighted by molar-refractivity contribution is 6.30. The Balaban J connectivity index is 2.90. The number of hydrogen-bond acceptors (Lipinski definition) is 2. The Hall–Kier alpha value is -0.800. The second-order valence-corrected chi connectivity index (χ2v) is 3.44. The van der Waals surface area contributed by atoms with E-state index in [0.717, 1.165) is 5.56 Å². The van der Waals surface area contributed by atoms with Crippen LogP contribution in [0.2, 0.25) is 5.02 Å². The molecule has 0 aromatic heterocycles. The summed E-state index contributed by atoms with van der Waals surface area (Å²) in [7, 11) is 0. The predicted molar refractivity (Wildman–Crippen MR) is 55.5 cm³/mol. The minimum atomic E-state index is -0.513. The minimum absolute atomic E-state index is 0.0430. The third-order valence-corrected chi connectivity index (χ3v) is 2.03. The molecule has 0 radical (unpaired) electrons. The maximum Gasteiger partial charge on any atom is 0.124 e. The summed E-state index contributed by atoms with van der Waals surface area (Å²) in [5, 5.41) is 0.602. The number of benzene rings is 1. The molecule has 78 valence electrons. The van der Waals surface area contributed by atoms with Crippen LogP contribution in [0.4, 0.5) is 4.39 Å². The molecule has 0 spiro atoms. The lowest BCUT2D eigenvalue weighted by molar-refractivity contribution is 0.270. The smallest absolute Gasteiger partial charge is 0.124 e. The van der Waals surface area contributed by atoms with Gasteiger partial charge in [0.2, 0.25) is 0 Å². The van der Waals surface area contributed by atoms with E-state index in [0.29, 0.717) is 10.8 Å². The van der Waals surface area contributed by atoms with Gasteiger partial charge < -0.3 is 10.5 Å². The number of rotatable bonds is 4. The molecule has 0 aliphatic carbocycles. The highest BCUT2D eigenvalue weighted by Crippen LogP contribution is 2.27. The highest BCUT2D eigenvalue weighted by atomic mass is 35.5. The largest absolute Gasteiger partial charge is 0.491 e. The Morgan fingerprint density at radius 1 is 1.57 bits per heavy atom. The molecule has 1 atom stereocenters. The third-order valence-electron chi connectivity index (χ3n) is 1.80. The summed E-state index contributed by atoms with van der Waals surface area (Å²) in [6.07, 6.45) is 0. The van der Waals surface area contributed by atoms with E-state index in [1.807, 2.05) is 6.92 Å². The number of hydrogen-bond donors (Lipinski definition) is 1. The Labute approximate surface area is 87.8 Å². The van der Waals surface area contributed by atoms with Crippen molar-refractivity contribution in [3.63, 3.8) is 0 Å². The van der Waals surface area contributed by atoms with Gasteiger partial charge in [-0.15, -0.1) is 0 Å². The molecule has 2 N–H and O–H groups in total. The van der Waals surface area contributed by atoms with Gasteiger partial charge >= 0.3 is 0 Å².